The predicted molar refractivity (Wildman–Crippen MR) is 72.8 cm³/mol. The number of ether oxygens (including phenoxy) is 1. The van der Waals surface area contributed by atoms with Crippen LogP contribution in [0, 0.1) is 0 Å². The van der Waals surface area contributed by atoms with E-state index < -0.39 is 0 Å². The van der Waals surface area contributed by atoms with Gasteiger partial charge in [-0.2, -0.15) is 0 Å². The molecular weight excluding hydrogens is 228 g/mol. The molecule has 2 rings (SSSR count). The van der Waals surface area contributed by atoms with Gasteiger partial charge in [0, 0.05) is 32.2 Å². The molecule has 0 aromatic carbocycles. The zero-order valence-electron chi connectivity index (χ0n) is 11.7. The summed E-state index contributed by atoms with van der Waals surface area (Å²) >= 11 is 0. The summed E-state index contributed by atoms with van der Waals surface area (Å²) in [5.74, 6) is 0. The molecule has 18 heavy (non-hydrogen) atoms. The second-order valence-electron chi connectivity index (χ2n) is 5.54. The van der Waals surface area contributed by atoms with E-state index in [4.69, 9.17) is 4.74 Å². The van der Waals surface area contributed by atoms with Crippen LogP contribution in [0.2, 0.25) is 0 Å². The zero-order valence-corrected chi connectivity index (χ0v) is 11.7. The van der Waals surface area contributed by atoms with Gasteiger partial charge in [0.05, 0.1) is 19.3 Å². The van der Waals surface area contributed by atoms with Crippen molar-refractivity contribution in [1.82, 2.24) is 9.80 Å². The Labute approximate surface area is 111 Å². The van der Waals surface area contributed by atoms with Crippen LogP contribution in [-0.2, 0) is 4.74 Å². The van der Waals surface area contributed by atoms with Crippen LogP contribution in [0.5, 0.6) is 0 Å². The number of aliphatic hydroxyl groups excluding tert-OH is 1. The van der Waals surface area contributed by atoms with E-state index >= 15 is 0 Å². The fourth-order valence-corrected chi connectivity index (χ4v) is 3.26. The first-order valence-electron chi connectivity index (χ1n) is 7.52. The molecule has 1 unspecified atom stereocenters. The van der Waals surface area contributed by atoms with E-state index in [0.29, 0.717) is 12.1 Å². The standard InChI is InChI=1S/C14H28N2O2/c1-2-15-8-10-18-14(11-15)12-16(7-9-17)13-5-3-4-6-13/h13-14,17H,2-12H2,1H3. The lowest BCUT2D eigenvalue weighted by atomic mass is 10.1. The lowest BCUT2D eigenvalue weighted by Gasteiger charge is -2.37. The van der Waals surface area contributed by atoms with Crippen molar-refractivity contribution in [2.45, 2.75) is 44.8 Å². The molecule has 1 N–H and O–H groups in total. The van der Waals surface area contributed by atoms with Gasteiger partial charge in [0.25, 0.3) is 0 Å². The second kappa shape index (κ2) is 7.43. The fraction of sp³-hybridized carbons (Fsp3) is 1.00. The van der Waals surface area contributed by atoms with Gasteiger partial charge in [0.15, 0.2) is 0 Å². The summed E-state index contributed by atoms with van der Waals surface area (Å²) < 4.78 is 5.88. The summed E-state index contributed by atoms with van der Waals surface area (Å²) in [6.07, 6.45) is 5.61. The van der Waals surface area contributed by atoms with Crippen LogP contribution in [0.25, 0.3) is 0 Å². The molecule has 0 aromatic rings. The Balaban J connectivity index is 1.83. The SMILES string of the molecule is CCN1CCOC(CN(CCO)C2CCCC2)C1. The third kappa shape index (κ3) is 3.92. The first kappa shape index (κ1) is 14.3. The Morgan fingerprint density at radius 3 is 2.78 bits per heavy atom. The molecule has 1 heterocycles. The number of hydrogen-bond donors (Lipinski definition) is 1. The number of aliphatic hydroxyl groups is 1. The fourth-order valence-electron chi connectivity index (χ4n) is 3.26. The summed E-state index contributed by atoms with van der Waals surface area (Å²) in [5, 5.41) is 9.23. The highest BCUT2D eigenvalue weighted by Crippen LogP contribution is 2.24. The van der Waals surface area contributed by atoms with Crippen LogP contribution in [0.4, 0.5) is 0 Å². The molecule has 4 heteroatoms. The van der Waals surface area contributed by atoms with Crippen LogP contribution in [0.3, 0.4) is 0 Å². The lowest BCUT2D eigenvalue weighted by Crippen LogP contribution is -2.49. The molecule has 0 aromatic heterocycles. The van der Waals surface area contributed by atoms with Gasteiger partial charge in [-0.1, -0.05) is 19.8 Å². The maximum absolute atomic E-state index is 9.23. The molecule has 1 atom stereocenters. The summed E-state index contributed by atoms with van der Waals surface area (Å²) in [5.41, 5.74) is 0. The smallest absolute Gasteiger partial charge is 0.0829 e. The Bertz CT molecular complexity index is 232. The van der Waals surface area contributed by atoms with E-state index in [9.17, 15) is 5.11 Å². The third-order valence-corrected chi connectivity index (χ3v) is 4.34. The van der Waals surface area contributed by atoms with Gasteiger partial charge in [-0.15, -0.1) is 0 Å². The van der Waals surface area contributed by atoms with Crippen LogP contribution in [0.1, 0.15) is 32.6 Å². The molecule has 0 radical (unpaired) electrons. The molecule has 0 spiro atoms. The van der Waals surface area contributed by atoms with Crippen molar-refractivity contribution in [2.75, 3.05) is 45.9 Å². The summed E-state index contributed by atoms with van der Waals surface area (Å²) in [4.78, 5) is 4.91. The Morgan fingerprint density at radius 1 is 1.33 bits per heavy atom. The minimum Gasteiger partial charge on any atom is -0.395 e. The van der Waals surface area contributed by atoms with Crippen LogP contribution in [0.15, 0.2) is 0 Å². The molecule has 4 nitrogen and oxygen atoms in total. The predicted octanol–water partition coefficient (Wildman–Crippen LogP) is 0.944. The van der Waals surface area contributed by atoms with Gasteiger partial charge in [-0.25, -0.2) is 0 Å². The molecule has 0 amide bonds. The summed E-state index contributed by atoms with van der Waals surface area (Å²) in [6.45, 7) is 8.35. The van der Waals surface area contributed by atoms with Gasteiger partial charge in [0.1, 0.15) is 0 Å². The van der Waals surface area contributed by atoms with E-state index in [-0.39, 0.29) is 6.61 Å². The topological polar surface area (TPSA) is 35.9 Å². The maximum Gasteiger partial charge on any atom is 0.0829 e. The first-order chi connectivity index (χ1) is 8.83. The van der Waals surface area contributed by atoms with E-state index in [0.717, 1.165) is 39.3 Å². The van der Waals surface area contributed by atoms with Crippen molar-refractivity contribution in [3.63, 3.8) is 0 Å². The van der Waals surface area contributed by atoms with Gasteiger partial charge < -0.3 is 9.84 Å². The van der Waals surface area contributed by atoms with Gasteiger partial charge in [-0.05, 0) is 19.4 Å². The number of hydrogen-bond acceptors (Lipinski definition) is 4. The van der Waals surface area contributed by atoms with Gasteiger partial charge in [-0.3, -0.25) is 9.80 Å². The number of nitrogens with zero attached hydrogens (tertiary/aromatic N) is 2. The molecular formula is C14H28N2O2. The van der Waals surface area contributed by atoms with E-state index in [1.54, 1.807) is 0 Å². The van der Waals surface area contributed by atoms with Gasteiger partial charge in [0.2, 0.25) is 0 Å². The molecule has 2 fully saturated rings. The van der Waals surface area contributed by atoms with Crippen molar-refractivity contribution < 1.29 is 9.84 Å². The lowest BCUT2D eigenvalue weighted by molar-refractivity contribution is -0.0486. The largest absolute Gasteiger partial charge is 0.395 e. The monoisotopic (exact) mass is 256 g/mol. The quantitative estimate of drug-likeness (QED) is 0.767. The molecule has 1 aliphatic heterocycles. The van der Waals surface area contributed by atoms with Crippen molar-refractivity contribution >= 4 is 0 Å². The normalized spacial score (nSPS) is 27.2. The highest BCUT2D eigenvalue weighted by atomic mass is 16.5. The zero-order chi connectivity index (χ0) is 12.8. The molecule has 2 aliphatic rings. The number of morpholine rings is 1. The average Bonchev–Trinajstić information content (AvgIpc) is 2.92. The molecule has 1 saturated heterocycles. The van der Waals surface area contributed by atoms with Crippen LogP contribution < -0.4 is 0 Å². The Kier molecular flexibility index (Phi) is 5.89. The molecule has 1 saturated carbocycles. The minimum absolute atomic E-state index is 0.265. The molecule has 0 bridgehead atoms. The van der Waals surface area contributed by atoms with Crippen molar-refractivity contribution in [2.24, 2.45) is 0 Å². The van der Waals surface area contributed by atoms with Crippen LogP contribution >= 0.6 is 0 Å². The maximum atomic E-state index is 9.23. The van der Waals surface area contributed by atoms with Crippen molar-refractivity contribution in [3.8, 4) is 0 Å². The number of rotatable bonds is 6. The third-order valence-electron chi connectivity index (χ3n) is 4.34. The average molecular weight is 256 g/mol. The first-order valence-corrected chi connectivity index (χ1v) is 7.52. The summed E-state index contributed by atoms with van der Waals surface area (Å²) in [6, 6.07) is 0.678. The van der Waals surface area contributed by atoms with E-state index in [1.807, 2.05) is 0 Å². The van der Waals surface area contributed by atoms with E-state index in [2.05, 4.69) is 16.7 Å². The number of likely N-dealkylation sites (N-methyl/N-ethyl adjacent to an activating group) is 1. The molecule has 1 aliphatic carbocycles. The molecule has 106 valence electrons. The van der Waals surface area contributed by atoms with Crippen molar-refractivity contribution in [1.29, 1.82) is 0 Å². The van der Waals surface area contributed by atoms with Crippen LogP contribution in [-0.4, -0.2) is 73.0 Å². The van der Waals surface area contributed by atoms with Gasteiger partial charge >= 0.3 is 0 Å². The Morgan fingerprint density at radius 2 is 2.11 bits per heavy atom. The highest BCUT2D eigenvalue weighted by Gasteiger charge is 2.27. The Hall–Kier alpha value is -0.160. The second-order valence-corrected chi connectivity index (χ2v) is 5.54. The summed E-state index contributed by atoms with van der Waals surface area (Å²) in [7, 11) is 0. The highest BCUT2D eigenvalue weighted by molar-refractivity contribution is 4.81. The van der Waals surface area contributed by atoms with E-state index in [1.165, 1.54) is 25.7 Å². The van der Waals surface area contributed by atoms with Crippen molar-refractivity contribution in [3.05, 3.63) is 0 Å². The minimum atomic E-state index is 0.265.